The lowest BCUT2D eigenvalue weighted by Crippen LogP contribution is -2.31. The standard InChI is InChI=1S/C25H22N4O4S/c1-2-13-29(19-8-4-3-5-9-19)34(32,33)20-10-11-23-21(14-20)24(30)22(17-27-23)25(31)28-16-18-7-6-12-26-15-18/h2-12,14-15,17H,1,13,16H2,(H,27,30)(H,28,31). The van der Waals surface area contributed by atoms with Gasteiger partial charge in [-0.25, -0.2) is 8.42 Å². The molecule has 0 spiro atoms. The van der Waals surface area contributed by atoms with Gasteiger partial charge in [-0.2, -0.15) is 0 Å². The Morgan fingerprint density at radius 1 is 1.12 bits per heavy atom. The molecular weight excluding hydrogens is 452 g/mol. The van der Waals surface area contributed by atoms with Crippen molar-refractivity contribution in [3.8, 4) is 0 Å². The fourth-order valence-electron chi connectivity index (χ4n) is 3.49. The third-order valence-corrected chi connectivity index (χ3v) is 6.99. The second-order valence-electron chi connectivity index (χ2n) is 7.44. The van der Waals surface area contributed by atoms with E-state index in [0.717, 1.165) is 5.56 Å². The molecule has 0 unspecified atom stereocenters. The maximum Gasteiger partial charge on any atom is 0.264 e. The lowest BCUT2D eigenvalue weighted by Gasteiger charge is -2.23. The third-order valence-electron chi connectivity index (χ3n) is 5.20. The number of para-hydroxylation sites is 1. The Balaban J connectivity index is 1.70. The zero-order valence-corrected chi connectivity index (χ0v) is 19.0. The minimum atomic E-state index is -4.00. The summed E-state index contributed by atoms with van der Waals surface area (Å²) in [6.45, 7) is 3.91. The van der Waals surface area contributed by atoms with Crippen molar-refractivity contribution in [3.63, 3.8) is 0 Å². The molecule has 1 amide bonds. The molecule has 172 valence electrons. The summed E-state index contributed by atoms with van der Waals surface area (Å²) in [7, 11) is -4.00. The highest BCUT2D eigenvalue weighted by atomic mass is 32.2. The van der Waals surface area contributed by atoms with Gasteiger partial charge in [0.15, 0.2) is 0 Å². The molecule has 34 heavy (non-hydrogen) atoms. The van der Waals surface area contributed by atoms with Crippen LogP contribution < -0.4 is 15.1 Å². The van der Waals surface area contributed by atoms with Gasteiger partial charge < -0.3 is 10.3 Å². The fourth-order valence-corrected chi connectivity index (χ4v) is 4.95. The normalized spacial score (nSPS) is 11.2. The Morgan fingerprint density at radius 3 is 2.62 bits per heavy atom. The SMILES string of the molecule is C=CCN(c1ccccc1)S(=O)(=O)c1ccc2[nH]cc(C(=O)NCc3cccnc3)c(=O)c2c1. The van der Waals surface area contributed by atoms with E-state index >= 15 is 0 Å². The molecule has 0 aliphatic heterocycles. The summed E-state index contributed by atoms with van der Waals surface area (Å²) in [4.78, 5) is 32.6. The highest BCUT2D eigenvalue weighted by Crippen LogP contribution is 2.25. The van der Waals surface area contributed by atoms with Crippen LogP contribution >= 0.6 is 0 Å². The second-order valence-corrected chi connectivity index (χ2v) is 9.31. The third kappa shape index (κ3) is 4.60. The molecule has 4 aromatic rings. The number of anilines is 1. The molecule has 0 saturated heterocycles. The van der Waals surface area contributed by atoms with Gasteiger partial charge in [-0.05, 0) is 42.0 Å². The molecule has 0 atom stereocenters. The molecule has 8 nitrogen and oxygen atoms in total. The van der Waals surface area contributed by atoms with Crippen LogP contribution in [0, 0.1) is 0 Å². The number of carbonyl (C=O) groups excluding carboxylic acids is 1. The number of aromatic amines is 1. The lowest BCUT2D eigenvalue weighted by molar-refractivity contribution is 0.0949. The first-order chi connectivity index (χ1) is 16.4. The molecule has 9 heteroatoms. The van der Waals surface area contributed by atoms with Crippen molar-refractivity contribution in [2.45, 2.75) is 11.4 Å². The average molecular weight is 475 g/mol. The van der Waals surface area contributed by atoms with Crippen molar-refractivity contribution in [3.05, 3.63) is 113 Å². The van der Waals surface area contributed by atoms with Crippen LogP contribution in [0.3, 0.4) is 0 Å². The van der Waals surface area contributed by atoms with E-state index < -0.39 is 21.4 Å². The summed E-state index contributed by atoms with van der Waals surface area (Å²) < 4.78 is 28.1. The van der Waals surface area contributed by atoms with E-state index in [4.69, 9.17) is 0 Å². The van der Waals surface area contributed by atoms with Crippen LogP contribution in [0.2, 0.25) is 0 Å². The van der Waals surface area contributed by atoms with Gasteiger partial charge in [0.05, 0.1) is 17.1 Å². The van der Waals surface area contributed by atoms with Crippen LogP contribution in [0.15, 0.2) is 102 Å². The number of sulfonamides is 1. The Morgan fingerprint density at radius 2 is 1.91 bits per heavy atom. The quantitative estimate of drug-likeness (QED) is 0.381. The summed E-state index contributed by atoms with van der Waals surface area (Å²) in [6, 6.07) is 16.4. The highest BCUT2D eigenvalue weighted by Gasteiger charge is 2.25. The maximum absolute atomic E-state index is 13.4. The molecular formula is C25H22N4O4S. The van der Waals surface area contributed by atoms with Gasteiger partial charge in [-0.15, -0.1) is 6.58 Å². The minimum Gasteiger partial charge on any atom is -0.360 e. The summed E-state index contributed by atoms with van der Waals surface area (Å²) in [6.07, 6.45) is 6.05. The van der Waals surface area contributed by atoms with Gasteiger partial charge in [0.2, 0.25) is 5.43 Å². The Labute approximate surface area is 196 Å². The molecule has 2 aromatic heterocycles. The average Bonchev–Trinajstić information content (AvgIpc) is 2.87. The van der Waals surface area contributed by atoms with Gasteiger partial charge in [-0.1, -0.05) is 30.3 Å². The number of hydrogen-bond acceptors (Lipinski definition) is 5. The van der Waals surface area contributed by atoms with E-state index in [0.29, 0.717) is 11.2 Å². The second kappa shape index (κ2) is 9.72. The summed E-state index contributed by atoms with van der Waals surface area (Å²) in [5.41, 5.74) is 0.994. The number of H-pyrrole nitrogens is 1. The van der Waals surface area contributed by atoms with E-state index in [2.05, 4.69) is 21.9 Å². The Hall–Kier alpha value is -4.24. The first kappa shape index (κ1) is 22.9. The van der Waals surface area contributed by atoms with Crippen molar-refractivity contribution >= 4 is 32.5 Å². The number of rotatable bonds is 8. The number of hydrogen-bond donors (Lipinski definition) is 2. The largest absolute Gasteiger partial charge is 0.360 e. The molecule has 0 fully saturated rings. The molecule has 0 aliphatic rings. The van der Waals surface area contributed by atoms with Crippen LogP contribution in [-0.2, 0) is 16.6 Å². The monoisotopic (exact) mass is 474 g/mol. The van der Waals surface area contributed by atoms with Crippen LogP contribution in [0.5, 0.6) is 0 Å². The number of pyridine rings is 2. The molecule has 4 rings (SSSR count). The van der Waals surface area contributed by atoms with Gasteiger partial charge >= 0.3 is 0 Å². The number of fused-ring (bicyclic) bond motifs is 1. The van der Waals surface area contributed by atoms with E-state index in [-0.39, 0.29) is 28.9 Å². The lowest BCUT2D eigenvalue weighted by atomic mass is 10.1. The summed E-state index contributed by atoms with van der Waals surface area (Å²) in [5.74, 6) is -0.571. The predicted molar refractivity (Wildman–Crippen MR) is 131 cm³/mol. The molecule has 0 radical (unpaired) electrons. The van der Waals surface area contributed by atoms with Crippen molar-refractivity contribution < 1.29 is 13.2 Å². The number of aromatic nitrogens is 2. The summed E-state index contributed by atoms with van der Waals surface area (Å²) in [5, 5.41) is 2.78. The molecule has 2 aromatic carbocycles. The first-order valence-electron chi connectivity index (χ1n) is 10.4. The number of benzene rings is 2. The number of amides is 1. The van der Waals surface area contributed by atoms with Crippen molar-refractivity contribution in [2.24, 2.45) is 0 Å². The molecule has 2 heterocycles. The number of nitrogens with zero attached hydrogens (tertiary/aromatic N) is 2. The molecule has 0 bridgehead atoms. The van der Waals surface area contributed by atoms with E-state index in [1.165, 1.54) is 34.8 Å². The van der Waals surface area contributed by atoms with E-state index in [1.807, 2.05) is 0 Å². The Bertz CT molecular complexity index is 1500. The molecule has 2 N–H and O–H groups in total. The van der Waals surface area contributed by atoms with Gasteiger partial charge in [-0.3, -0.25) is 18.9 Å². The van der Waals surface area contributed by atoms with Crippen LogP contribution in [-0.4, -0.2) is 30.8 Å². The number of carbonyl (C=O) groups is 1. The van der Waals surface area contributed by atoms with Gasteiger partial charge in [0.25, 0.3) is 15.9 Å². The first-order valence-corrected chi connectivity index (χ1v) is 11.9. The van der Waals surface area contributed by atoms with Crippen molar-refractivity contribution in [1.82, 2.24) is 15.3 Å². The Kier molecular flexibility index (Phi) is 6.55. The van der Waals surface area contributed by atoms with Crippen molar-refractivity contribution in [2.75, 3.05) is 10.8 Å². The zero-order valence-electron chi connectivity index (χ0n) is 18.1. The van der Waals surface area contributed by atoms with Crippen LogP contribution in [0.1, 0.15) is 15.9 Å². The maximum atomic E-state index is 13.4. The molecule has 0 saturated carbocycles. The van der Waals surface area contributed by atoms with E-state index in [9.17, 15) is 18.0 Å². The van der Waals surface area contributed by atoms with Gasteiger partial charge in [0, 0.05) is 36.0 Å². The molecule has 0 aliphatic carbocycles. The number of nitrogens with one attached hydrogen (secondary N) is 2. The van der Waals surface area contributed by atoms with E-state index in [1.54, 1.807) is 54.9 Å². The smallest absolute Gasteiger partial charge is 0.264 e. The van der Waals surface area contributed by atoms with Gasteiger partial charge in [0.1, 0.15) is 5.56 Å². The topological polar surface area (TPSA) is 112 Å². The predicted octanol–water partition coefficient (Wildman–Crippen LogP) is 3.23. The minimum absolute atomic E-state index is 0.0531. The van der Waals surface area contributed by atoms with Crippen LogP contribution in [0.25, 0.3) is 10.9 Å². The fraction of sp³-hybridized carbons (Fsp3) is 0.0800. The van der Waals surface area contributed by atoms with Crippen molar-refractivity contribution in [1.29, 1.82) is 0 Å². The zero-order chi connectivity index (χ0) is 24.1. The van der Waals surface area contributed by atoms with Crippen LogP contribution in [0.4, 0.5) is 5.69 Å². The highest BCUT2D eigenvalue weighted by molar-refractivity contribution is 7.92. The summed E-state index contributed by atoms with van der Waals surface area (Å²) >= 11 is 0.